The van der Waals surface area contributed by atoms with Crippen LogP contribution in [0, 0.1) is 34.5 Å². The number of hydrogen-bond acceptors (Lipinski definition) is 4. The molecule has 5 rings (SSSR count). The Morgan fingerprint density at radius 1 is 0.900 bits per heavy atom. The van der Waals surface area contributed by atoms with Crippen molar-refractivity contribution in [3.63, 3.8) is 0 Å². The zero-order valence-electron chi connectivity index (χ0n) is 25.0. The van der Waals surface area contributed by atoms with Crippen molar-refractivity contribution in [2.24, 2.45) is 34.5 Å². The predicted octanol–water partition coefficient (Wildman–Crippen LogP) is 5.47. The maximum atomic E-state index is 13.2. The predicted molar refractivity (Wildman–Crippen MR) is 164 cm³/mol. The van der Waals surface area contributed by atoms with Crippen LogP contribution in [0.1, 0.15) is 85.5 Å². The molecule has 40 heavy (non-hydrogen) atoms. The van der Waals surface area contributed by atoms with Gasteiger partial charge in [0.05, 0.1) is 6.10 Å². The van der Waals surface area contributed by atoms with Crippen LogP contribution in [0.5, 0.6) is 0 Å². The summed E-state index contributed by atoms with van der Waals surface area (Å²) >= 11 is 0. The molecule has 3 aliphatic rings. The first-order valence-corrected chi connectivity index (χ1v) is 17.6. The fraction of sp³-hybridized carbons (Fsp3) is 0.629. The summed E-state index contributed by atoms with van der Waals surface area (Å²) in [6.07, 6.45) is 7.47. The average Bonchev–Trinajstić information content (AvgIpc) is 3.27. The van der Waals surface area contributed by atoms with Crippen LogP contribution in [0.15, 0.2) is 60.7 Å². The summed E-state index contributed by atoms with van der Waals surface area (Å²) < 4.78 is 0. The molecule has 0 unspecified atom stereocenters. The van der Waals surface area contributed by atoms with E-state index in [9.17, 15) is 19.8 Å². The number of hydrogen-bond donors (Lipinski definition) is 3. The third-order valence-corrected chi connectivity index (χ3v) is 16.7. The van der Waals surface area contributed by atoms with Crippen LogP contribution in [0.3, 0.4) is 0 Å². The maximum absolute atomic E-state index is 13.2. The summed E-state index contributed by atoms with van der Waals surface area (Å²) in [6.45, 7) is 9.20. The van der Waals surface area contributed by atoms with Crippen LogP contribution >= 0.6 is 0 Å². The third kappa shape index (κ3) is 4.85. The number of benzene rings is 2. The molecule has 0 aromatic heterocycles. The smallest absolute Gasteiger partial charge is 0.258 e. The number of Topliss-reactive ketones (excluding diaryl/α,β-unsaturated/α-hetero) is 1. The van der Waals surface area contributed by atoms with Gasteiger partial charge in [0.2, 0.25) is 0 Å². The molecule has 3 N–H and O–H groups in total. The minimum absolute atomic E-state index is 0.0532. The number of fused-ring (bicyclic) bond motifs is 1. The van der Waals surface area contributed by atoms with Gasteiger partial charge in [-0.1, -0.05) is 88.4 Å². The zero-order chi connectivity index (χ0) is 28.8. The summed E-state index contributed by atoms with van der Waals surface area (Å²) in [4.78, 5) is 26.0. The Balaban J connectivity index is 1.50. The van der Waals surface area contributed by atoms with Crippen molar-refractivity contribution >= 4 is 24.5 Å². The Morgan fingerprint density at radius 3 is 2.08 bits per heavy atom. The van der Waals surface area contributed by atoms with Gasteiger partial charge >= 0.3 is 0 Å². The van der Waals surface area contributed by atoms with Crippen molar-refractivity contribution in [1.29, 1.82) is 0 Å². The monoisotopic (exact) mass is 562 g/mol. The van der Waals surface area contributed by atoms with E-state index in [2.05, 4.69) is 52.0 Å². The molecule has 2 aromatic rings. The van der Waals surface area contributed by atoms with E-state index in [4.69, 9.17) is 0 Å². The molecule has 7 atom stereocenters. The second-order valence-electron chi connectivity index (χ2n) is 14.5. The number of rotatable bonds is 8. The van der Waals surface area contributed by atoms with Gasteiger partial charge in [0.15, 0.2) is 0 Å². The molecule has 218 valence electrons. The van der Waals surface area contributed by atoms with E-state index < -0.39 is 8.32 Å². The van der Waals surface area contributed by atoms with Crippen LogP contribution < -0.4 is 10.4 Å². The minimum atomic E-state index is -3.13. The molecule has 0 spiro atoms. The van der Waals surface area contributed by atoms with E-state index in [-0.39, 0.29) is 34.5 Å². The first kappa shape index (κ1) is 29.7. The summed E-state index contributed by atoms with van der Waals surface area (Å²) in [5.41, 5.74) is -0.306. The Labute approximate surface area is 242 Å². The van der Waals surface area contributed by atoms with E-state index >= 15 is 0 Å². The maximum Gasteiger partial charge on any atom is 0.258 e. The molecular formula is C35H50O4Si. The van der Waals surface area contributed by atoms with Crippen molar-refractivity contribution in [1.82, 2.24) is 0 Å². The molecule has 0 aliphatic heterocycles. The summed E-state index contributed by atoms with van der Waals surface area (Å²) in [5.74, 6) is 1.63. The molecule has 0 heterocycles. The molecule has 0 saturated heterocycles. The molecule has 3 fully saturated rings. The van der Waals surface area contributed by atoms with Crippen molar-refractivity contribution < 1.29 is 19.8 Å². The zero-order valence-corrected chi connectivity index (χ0v) is 26.0. The third-order valence-electron chi connectivity index (χ3n) is 12.2. The quantitative estimate of drug-likeness (QED) is 0.373. The van der Waals surface area contributed by atoms with Crippen LogP contribution in [0.4, 0.5) is 0 Å². The van der Waals surface area contributed by atoms with Gasteiger partial charge in [-0.3, -0.25) is 4.79 Å². The number of carbonyl (C=O) groups is 1. The lowest BCUT2D eigenvalue weighted by molar-refractivity contribution is -0.136. The molecule has 0 bridgehead atoms. The van der Waals surface area contributed by atoms with Crippen LogP contribution in [-0.2, 0) is 4.79 Å². The molecule has 4 nitrogen and oxygen atoms in total. The largest absolute Gasteiger partial charge is 0.424 e. The van der Waals surface area contributed by atoms with Crippen molar-refractivity contribution in [2.45, 2.75) is 96.6 Å². The highest BCUT2D eigenvalue weighted by atomic mass is 28.4. The lowest BCUT2D eigenvalue weighted by Gasteiger charge is -2.56. The van der Waals surface area contributed by atoms with E-state index in [0.717, 1.165) is 55.3 Å². The normalized spacial score (nSPS) is 35.0. The van der Waals surface area contributed by atoms with Gasteiger partial charge < -0.3 is 15.0 Å². The van der Waals surface area contributed by atoms with E-state index in [1.807, 2.05) is 36.4 Å². The van der Waals surface area contributed by atoms with Crippen molar-refractivity contribution in [3.05, 3.63) is 60.7 Å². The Hall–Kier alpha value is -1.79. The first-order valence-electron chi connectivity index (χ1n) is 15.6. The number of carbonyl (C=O) groups excluding carboxylic acids is 1. The van der Waals surface area contributed by atoms with Gasteiger partial charge in [0.1, 0.15) is 5.78 Å². The van der Waals surface area contributed by atoms with E-state index in [1.165, 1.54) is 0 Å². The summed E-state index contributed by atoms with van der Waals surface area (Å²) in [5, 5.41) is 22.7. The molecule has 0 radical (unpaired) electrons. The highest BCUT2D eigenvalue weighted by Crippen LogP contribution is 2.63. The molecular weight excluding hydrogens is 512 g/mol. The number of ketones is 1. The van der Waals surface area contributed by atoms with Gasteiger partial charge in [-0.2, -0.15) is 0 Å². The minimum Gasteiger partial charge on any atom is -0.424 e. The average molecular weight is 563 g/mol. The number of aliphatic hydroxyl groups excluding tert-OH is 2. The van der Waals surface area contributed by atoms with Crippen molar-refractivity contribution in [2.75, 3.05) is 6.61 Å². The Bertz CT molecular complexity index is 1130. The highest BCUT2D eigenvalue weighted by molar-refractivity contribution is 6.98. The van der Waals surface area contributed by atoms with E-state index in [0.29, 0.717) is 36.4 Å². The lowest BCUT2D eigenvalue weighted by Crippen LogP contribution is -2.65. The van der Waals surface area contributed by atoms with E-state index in [1.54, 1.807) is 0 Å². The molecule has 5 heteroatoms. The van der Waals surface area contributed by atoms with Crippen molar-refractivity contribution in [3.8, 4) is 0 Å². The number of aliphatic hydroxyl groups is 2. The fourth-order valence-corrected chi connectivity index (χ4v) is 13.2. The van der Waals surface area contributed by atoms with Gasteiger partial charge in [-0.05, 0) is 95.9 Å². The van der Waals surface area contributed by atoms with Crippen LogP contribution in [0.2, 0.25) is 5.04 Å². The highest BCUT2D eigenvalue weighted by Gasteiger charge is 2.59. The Morgan fingerprint density at radius 2 is 1.50 bits per heavy atom. The fourth-order valence-electron chi connectivity index (χ4n) is 9.46. The van der Waals surface area contributed by atoms with Gasteiger partial charge in [-0.25, -0.2) is 0 Å². The van der Waals surface area contributed by atoms with Crippen LogP contribution in [0.25, 0.3) is 0 Å². The van der Waals surface area contributed by atoms with Gasteiger partial charge in [0, 0.05) is 18.4 Å². The standard InChI is InChI=1S/C35H50O4Si/c1-33(2,40(39,27-11-7-5-8-12-27)28-13-9-6-10-14-28)20-18-29-30-15-16-32(38)35(30,4)22-19-31(29)34(3)21-17-26(37)23-25(34)24-36/h5-14,25-26,29-31,36-37,39H,15-24H2,1-4H3/t25-,26+,29+,30+,31+,34+,35+/m1/s1. The molecule has 3 aliphatic carbocycles. The molecule has 3 saturated carbocycles. The summed E-state index contributed by atoms with van der Waals surface area (Å²) in [7, 11) is -3.13. The molecule has 2 aromatic carbocycles. The topological polar surface area (TPSA) is 77.8 Å². The van der Waals surface area contributed by atoms with Gasteiger partial charge in [-0.15, -0.1) is 0 Å². The lowest BCUT2D eigenvalue weighted by atomic mass is 9.49. The van der Waals surface area contributed by atoms with Crippen LogP contribution in [-0.4, -0.2) is 41.8 Å². The second-order valence-corrected chi connectivity index (χ2v) is 18.4. The van der Waals surface area contributed by atoms with Gasteiger partial charge in [0.25, 0.3) is 8.32 Å². The SMILES string of the molecule is CC(C)(CC[C@@H]1[C@@H]([C@@]2(C)CC[C@H](O)C[C@@H]2CO)CC[C@]2(C)C(=O)CC[C@@H]12)[Si](O)(c1ccccc1)c1ccccc1. The summed E-state index contributed by atoms with van der Waals surface area (Å²) in [6, 6.07) is 20.5. The Kier molecular flexibility index (Phi) is 8.26. The molecule has 0 amide bonds. The first-order chi connectivity index (χ1) is 19.0. The second kappa shape index (κ2) is 11.1.